The molecule has 0 aromatic carbocycles. The summed E-state index contributed by atoms with van der Waals surface area (Å²) in [5, 5.41) is 0. The summed E-state index contributed by atoms with van der Waals surface area (Å²) in [7, 11) is 0. The zero-order valence-corrected chi connectivity index (χ0v) is 18.6. The molecule has 0 saturated heterocycles. The van der Waals surface area contributed by atoms with Gasteiger partial charge in [-0.05, 0) is 0 Å². The second-order valence-corrected chi connectivity index (χ2v) is 19.9. The number of unbranched alkanes of at least 4 members (excludes halogenated alkanes) is 3. The Balaban J connectivity index is 3.07. The Kier molecular flexibility index (Phi) is 10.7. The molecule has 0 saturated carbocycles. The van der Waals surface area contributed by atoms with Crippen molar-refractivity contribution in [3.05, 3.63) is 24.0 Å². The third kappa shape index (κ3) is 6.87. The van der Waals surface area contributed by atoms with Crippen LogP contribution in [-0.2, 0) is 0 Å². The van der Waals surface area contributed by atoms with Crippen LogP contribution in [0.25, 0.3) is 0 Å². The van der Waals surface area contributed by atoms with Crippen LogP contribution in [0, 0.1) is 11.8 Å². The Morgan fingerprint density at radius 2 is 1.43 bits per heavy atom. The van der Waals surface area contributed by atoms with Crippen LogP contribution in [0.5, 0.6) is 0 Å². The van der Waals surface area contributed by atoms with Crippen LogP contribution in [0.1, 0.15) is 78.3 Å². The van der Waals surface area contributed by atoms with E-state index in [1.165, 1.54) is 51.8 Å². The van der Waals surface area contributed by atoms with Gasteiger partial charge in [-0.2, -0.15) is 0 Å². The normalized spacial score (nSPS) is 11.1. The molecule has 2 heteroatoms. The SMILES string of the molecule is CCC#Cc1cc[c]([Sn]([CH2]CCC)([CH2]CCC)[CH2]CCC)cn1. The van der Waals surface area contributed by atoms with Crippen molar-refractivity contribution >= 4 is 22.0 Å². The maximum atomic E-state index is 4.69. The fraction of sp³-hybridized carbons (Fsp3) is 0.667. The van der Waals surface area contributed by atoms with Gasteiger partial charge in [0.15, 0.2) is 0 Å². The van der Waals surface area contributed by atoms with Crippen molar-refractivity contribution < 1.29 is 0 Å². The average Bonchev–Trinajstić information content (AvgIpc) is 2.60. The third-order valence-corrected chi connectivity index (χ3v) is 20.4. The van der Waals surface area contributed by atoms with Crippen LogP contribution in [0.3, 0.4) is 0 Å². The van der Waals surface area contributed by atoms with Crippen molar-refractivity contribution in [2.75, 3.05) is 0 Å². The van der Waals surface area contributed by atoms with E-state index in [9.17, 15) is 0 Å². The average molecular weight is 420 g/mol. The van der Waals surface area contributed by atoms with Gasteiger partial charge in [0.25, 0.3) is 0 Å². The standard InChI is InChI=1S/C9H8N.3C4H9.Sn/c1-2-3-6-9-7-4-5-8-10-9;3*1-3-4-2;/h4,7-8H,2H2,1H3;3*1,3-4H2,2H3;. The zero-order chi connectivity index (χ0) is 17.0. The van der Waals surface area contributed by atoms with Gasteiger partial charge in [-0.1, -0.05) is 0 Å². The van der Waals surface area contributed by atoms with Crippen molar-refractivity contribution in [3.63, 3.8) is 0 Å². The third-order valence-electron chi connectivity index (χ3n) is 4.80. The number of aromatic nitrogens is 1. The van der Waals surface area contributed by atoms with E-state index in [1.807, 2.05) is 0 Å². The summed E-state index contributed by atoms with van der Waals surface area (Å²) in [6.45, 7) is 9.08. The van der Waals surface area contributed by atoms with Crippen molar-refractivity contribution in [3.8, 4) is 11.8 Å². The van der Waals surface area contributed by atoms with Crippen LogP contribution >= 0.6 is 0 Å². The van der Waals surface area contributed by atoms with E-state index in [0.29, 0.717) is 0 Å². The van der Waals surface area contributed by atoms with E-state index in [0.717, 1.165) is 12.1 Å². The molecule has 0 aliphatic heterocycles. The van der Waals surface area contributed by atoms with Gasteiger partial charge < -0.3 is 0 Å². The minimum absolute atomic E-state index is 0.899. The molecular weight excluding hydrogens is 385 g/mol. The van der Waals surface area contributed by atoms with Gasteiger partial charge in [0.2, 0.25) is 0 Å². The Morgan fingerprint density at radius 1 is 0.870 bits per heavy atom. The number of hydrogen-bond donors (Lipinski definition) is 0. The maximum absolute atomic E-state index is 4.69. The molecule has 0 aliphatic rings. The number of rotatable bonds is 10. The molecule has 128 valence electrons. The molecule has 1 aromatic heterocycles. The van der Waals surface area contributed by atoms with Gasteiger partial charge in [0.1, 0.15) is 0 Å². The summed E-state index contributed by atoms with van der Waals surface area (Å²) in [5.74, 6) is 6.29. The molecule has 1 nitrogen and oxygen atoms in total. The zero-order valence-electron chi connectivity index (χ0n) is 15.8. The summed E-state index contributed by atoms with van der Waals surface area (Å²) in [5.41, 5.74) is 0.942. The predicted molar refractivity (Wildman–Crippen MR) is 106 cm³/mol. The molecule has 0 atom stereocenters. The molecule has 1 heterocycles. The molecule has 0 N–H and O–H groups in total. The van der Waals surface area contributed by atoms with Crippen molar-refractivity contribution in [2.24, 2.45) is 0 Å². The minimum atomic E-state index is -2.28. The molecule has 23 heavy (non-hydrogen) atoms. The second-order valence-electron chi connectivity index (χ2n) is 6.68. The van der Waals surface area contributed by atoms with Crippen LogP contribution in [0.4, 0.5) is 0 Å². The van der Waals surface area contributed by atoms with Gasteiger partial charge >= 0.3 is 149 Å². The van der Waals surface area contributed by atoms with Crippen LogP contribution < -0.4 is 3.58 Å². The first-order valence-electron chi connectivity index (χ1n) is 9.67. The second kappa shape index (κ2) is 12.0. The Morgan fingerprint density at radius 3 is 1.83 bits per heavy atom. The van der Waals surface area contributed by atoms with Gasteiger partial charge in [0, 0.05) is 0 Å². The van der Waals surface area contributed by atoms with Crippen molar-refractivity contribution in [1.29, 1.82) is 0 Å². The van der Waals surface area contributed by atoms with Crippen LogP contribution in [-0.4, -0.2) is 23.4 Å². The van der Waals surface area contributed by atoms with Gasteiger partial charge in [-0.15, -0.1) is 0 Å². The molecule has 0 amide bonds. The molecule has 0 unspecified atom stereocenters. The summed E-state index contributed by atoms with van der Waals surface area (Å²) < 4.78 is 6.17. The Bertz CT molecular complexity index is 459. The van der Waals surface area contributed by atoms with E-state index in [1.54, 1.807) is 3.58 Å². The monoisotopic (exact) mass is 421 g/mol. The van der Waals surface area contributed by atoms with E-state index >= 15 is 0 Å². The molecular formula is C21H35NSn. The topological polar surface area (TPSA) is 12.9 Å². The summed E-state index contributed by atoms with van der Waals surface area (Å²) in [6, 6.07) is 4.57. The molecule has 1 aromatic rings. The molecule has 0 aliphatic carbocycles. The van der Waals surface area contributed by atoms with E-state index in [2.05, 4.69) is 62.8 Å². The summed E-state index contributed by atoms with van der Waals surface area (Å²) in [4.78, 5) is 4.69. The first-order chi connectivity index (χ1) is 11.2. The van der Waals surface area contributed by atoms with Gasteiger partial charge in [-0.25, -0.2) is 0 Å². The van der Waals surface area contributed by atoms with Crippen LogP contribution in [0.15, 0.2) is 18.3 Å². The summed E-state index contributed by atoms with van der Waals surface area (Å²) >= 11 is -2.28. The first kappa shape index (κ1) is 20.6. The van der Waals surface area contributed by atoms with E-state index in [-0.39, 0.29) is 0 Å². The summed E-state index contributed by atoms with van der Waals surface area (Å²) in [6.07, 6.45) is 11.3. The van der Waals surface area contributed by atoms with Gasteiger partial charge in [0.05, 0.1) is 0 Å². The molecule has 0 radical (unpaired) electrons. The van der Waals surface area contributed by atoms with E-state index in [4.69, 9.17) is 0 Å². The Labute approximate surface area is 148 Å². The first-order valence-corrected chi connectivity index (χ1v) is 17.2. The fourth-order valence-electron chi connectivity index (χ4n) is 3.31. The van der Waals surface area contributed by atoms with Crippen molar-refractivity contribution in [2.45, 2.75) is 86.0 Å². The molecule has 0 spiro atoms. The molecule has 0 fully saturated rings. The number of pyridine rings is 1. The molecule has 0 bridgehead atoms. The van der Waals surface area contributed by atoms with Crippen molar-refractivity contribution in [1.82, 2.24) is 4.98 Å². The quantitative estimate of drug-likeness (QED) is 0.339. The number of hydrogen-bond acceptors (Lipinski definition) is 1. The predicted octanol–water partition coefficient (Wildman–Crippen LogP) is 5.90. The fourth-order valence-corrected chi connectivity index (χ4v) is 19.0. The van der Waals surface area contributed by atoms with Crippen LogP contribution in [0.2, 0.25) is 13.3 Å². The Hall–Kier alpha value is -0.491. The van der Waals surface area contributed by atoms with E-state index < -0.39 is 18.4 Å². The van der Waals surface area contributed by atoms with Gasteiger partial charge in [-0.3, -0.25) is 0 Å². The molecule has 1 rings (SSSR count). The number of nitrogens with zero attached hydrogens (tertiary/aromatic N) is 1.